The summed E-state index contributed by atoms with van der Waals surface area (Å²) >= 11 is 0. The number of carbonyl (C=O) groups is 2. The molecule has 0 aliphatic carbocycles. The summed E-state index contributed by atoms with van der Waals surface area (Å²) in [4.78, 5) is 26.6. The summed E-state index contributed by atoms with van der Waals surface area (Å²) in [5.74, 6) is 0.840. The van der Waals surface area contributed by atoms with Crippen molar-refractivity contribution in [1.29, 1.82) is 0 Å². The van der Waals surface area contributed by atoms with Crippen molar-refractivity contribution in [1.82, 2.24) is 0 Å². The molecule has 0 saturated heterocycles. The topological polar surface area (TPSA) is 67.9 Å². The number of aryl methyl sites for hydroxylation is 2. The SMILES string of the molecule is Cc1ccc(OCC(=O)Nc2ccc3c(c2)N(Cc2ccccc2C)C(=O)CO3)cc1. The van der Waals surface area contributed by atoms with Crippen LogP contribution in [-0.2, 0) is 16.1 Å². The predicted molar refractivity (Wildman–Crippen MR) is 120 cm³/mol. The Morgan fingerprint density at radius 3 is 2.61 bits per heavy atom. The van der Waals surface area contributed by atoms with E-state index in [1.54, 1.807) is 23.1 Å². The van der Waals surface area contributed by atoms with Gasteiger partial charge in [0.25, 0.3) is 11.8 Å². The van der Waals surface area contributed by atoms with E-state index in [1.165, 1.54) is 0 Å². The molecule has 3 aromatic carbocycles. The second kappa shape index (κ2) is 8.92. The van der Waals surface area contributed by atoms with Crippen molar-refractivity contribution in [3.05, 3.63) is 83.4 Å². The lowest BCUT2D eigenvalue weighted by Crippen LogP contribution is -2.38. The minimum absolute atomic E-state index is 0.00498. The van der Waals surface area contributed by atoms with Gasteiger partial charge in [-0.25, -0.2) is 0 Å². The number of benzene rings is 3. The molecule has 4 rings (SSSR count). The van der Waals surface area contributed by atoms with Crippen LogP contribution in [0.3, 0.4) is 0 Å². The zero-order chi connectivity index (χ0) is 21.8. The van der Waals surface area contributed by atoms with Crippen LogP contribution in [0.25, 0.3) is 0 Å². The van der Waals surface area contributed by atoms with Gasteiger partial charge in [0.05, 0.1) is 12.2 Å². The van der Waals surface area contributed by atoms with Crippen molar-refractivity contribution in [3.63, 3.8) is 0 Å². The van der Waals surface area contributed by atoms with Gasteiger partial charge in [-0.05, 0) is 55.3 Å². The van der Waals surface area contributed by atoms with Crippen molar-refractivity contribution in [2.75, 3.05) is 23.4 Å². The van der Waals surface area contributed by atoms with Crippen LogP contribution in [0.4, 0.5) is 11.4 Å². The first-order chi connectivity index (χ1) is 15.0. The fraction of sp³-hybridized carbons (Fsp3) is 0.200. The molecule has 3 aromatic rings. The Kier molecular flexibility index (Phi) is 5.89. The highest BCUT2D eigenvalue weighted by molar-refractivity contribution is 5.99. The van der Waals surface area contributed by atoms with E-state index >= 15 is 0 Å². The van der Waals surface area contributed by atoms with E-state index in [-0.39, 0.29) is 25.0 Å². The van der Waals surface area contributed by atoms with Crippen LogP contribution in [0.5, 0.6) is 11.5 Å². The Hall–Kier alpha value is -3.80. The van der Waals surface area contributed by atoms with Gasteiger partial charge in [-0.3, -0.25) is 9.59 Å². The molecule has 0 fully saturated rings. The number of hydrogen-bond donors (Lipinski definition) is 1. The Labute approximate surface area is 181 Å². The molecule has 1 aliphatic rings. The zero-order valence-electron chi connectivity index (χ0n) is 17.6. The first-order valence-electron chi connectivity index (χ1n) is 10.1. The molecule has 0 bridgehead atoms. The number of anilines is 2. The van der Waals surface area contributed by atoms with Crippen molar-refractivity contribution >= 4 is 23.2 Å². The fourth-order valence-corrected chi connectivity index (χ4v) is 3.39. The van der Waals surface area contributed by atoms with E-state index in [4.69, 9.17) is 9.47 Å². The molecule has 0 saturated carbocycles. The molecule has 1 N–H and O–H groups in total. The molecule has 0 spiro atoms. The van der Waals surface area contributed by atoms with Crippen LogP contribution in [0, 0.1) is 13.8 Å². The van der Waals surface area contributed by atoms with Gasteiger partial charge >= 0.3 is 0 Å². The van der Waals surface area contributed by atoms with E-state index in [2.05, 4.69) is 5.32 Å². The van der Waals surface area contributed by atoms with Gasteiger partial charge < -0.3 is 19.7 Å². The van der Waals surface area contributed by atoms with E-state index < -0.39 is 0 Å². The highest BCUT2D eigenvalue weighted by Gasteiger charge is 2.26. The normalized spacial score (nSPS) is 12.7. The van der Waals surface area contributed by atoms with Gasteiger partial charge in [0.1, 0.15) is 11.5 Å². The fourth-order valence-electron chi connectivity index (χ4n) is 3.39. The van der Waals surface area contributed by atoms with Crippen molar-refractivity contribution in [3.8, 4) is 11.5 Å². The number of carbonyl (C=O) groups excluding carboxylic acids is 2. The molecule has 1 heterocycles. The van der Waals surface area contributed by atoms with Gasteiger partial charge in [0.2, 0.25) is 0 Å². The molecule has 6 heteroatoms. The first kappa shape index (κ1) is 20.5. The molecule has 31 heavy (non-hydrogen) atoms. The smallest absolute Gasteiger partial charge is 0.265 e. The lowest BCUT2D eigenvalue weighted by Gasteiger charge is -2.30. The summed E-state index contributed by atoms with van der Waals surface area (Å²) in [5, 5.41) is 2.83. The van der Waals surface area contributed by atoms with Gasteiger partial charge in [-0.2, -0.15) is 0 Å². The Bertz CT molecular complexity index is 1110. The Morgan fingerprint density at radius 1 is 1.06 bits per heavy atom. The maximum atomic E-state index is 12.6. The predicted octanol–water partition coefficient (Wildman–Crippen LogP) is 4.25. The highest BCUT2D eigenvalue weighted by Crippen LogP contribution is 2.35. The second-order valence-corrected chi connectivity index (χ2v) is 7.53. The quantitative estimate of drug-likeness (QED) is 0.652. The van der Waals surface area contributed by atoms with E-state index in [0.29, 0.717) is 29.4 Å². The lowest BCUT2D eigenvalue weighted by atomic mass is 10.1. The molecular formula is C25H24N2O4. The van der Waals surface area contributed by atoms with Crippen LogP contribution in [0.2, 0.25) is 0 Å². The number of nitrogens with zero attached hydrogens (tertiary/aromatic N) is 1. The summed E-state index contributed by atoms with van der Waals surface area (Å²) in [6.07, 6.45) is 0. The monoisotopic (exact) mass is 416 g/mol. The largest absolute Gasteiger partial charge is 0.484 e. The average Bonchev–Trinajstić information content (AvgIpc) is 2.77. The van der Waals surface area contributed by atoms with E-state index in [9.17, 15) is 9.59 Å². The maximum Gasteiger partial charge on any atom is 0.265 e. The molecule has 6 nitrogen and oxygen atoms in total. The standard InChI is InChI=1S/C25H24N2O4/c1-17-7-10-21(11-8-17)30-15-24(28)26-20-9-12-23-22(13-20)27(25(29)16-31-23)14-19-6-4-3-5-18(19)2/h3-13H,14-16H2,1-2H3,(H,26,28). The zero-order valence-corrected chi connectivity index (χ0v) is 17.6. The summed E-state index contributed by atoms with van der Waals surface area (Å²) in [6.45, 7) is 4.34. The summed E-state index contributed by atoms with van der Waals surface area (Å²) in [5.41, 5.74) is 4.50. The third-order valence-electron chi connectivity index (χ3n) is 5.17. The molecule has 0 atom stereocenters. The van der Waals surface area contributed by atoms with Gasteiger partial charge in [-0.15, -0.1) is 0 Å². The number of nitrogens with one attached hydrogen (secondary N) is 1. The van der Waals surface area contributed by atoms with Gasteiger partial charge in [0.15, 0.2) is 13.2 Å². The van der Waals surface area contributed by atoms with Gasteiger partial charge in [-0.1, -0.05) is 42.0 Å². The molecule has 0 radical (unpaired) electrons. The maximum absolute atomic E-state index is 12.6. The minimum atomic E-state index is -0.283. The number of ether oxygens (including phenoxy) is 2. The van der Waals surface area contributed by atoms with Crippen LogP contribution in [0.15, 0.2) is 66.7 Å². The first-order valence-corrected chi connectivity index (χ1v) is 10.1. The Morgan fingerprint density at radius 2 is 1.84 bits per heavy atom. The van der Waals surface area contributed by atoms with Crippen LogP contribution in [0.1, 0.15) is 16.7 Å². The Balaban J connectivity index is 1.47. The summed E-state index contributed by atoms with van der Waals surface area (Å²) in [7, 11) is 0. The van der Waals surface area contributed by atoms with Gasteiger partial charge in [0, 0.05) is 5.69 Å². The lowest BCUT2D eigenvalue weighted by molar-refractivity contribution is -0.121. The number of hydrogen-bond acceptors (Lipinski definition) is 4. The highest BCUT2D eigenvalue weighted by atomic mass is 16.5. The summed E-state index contributed by atoms with van der Waals surface area (Å²) < 4.78 is 11.1. The average molecular weight is 416 g/mol. The van der Waals surface area contributed by atoms with Crippen LogP contribution in [-0.4, -0.2) is 25.0 Å². The summed E-state index contributed by atoms with van der Waals surface area (Å²) in [6, 6.07) is 20.7. The van der Waals surface area contributed by atoms with Crippen molar-refractivity contribution in [2.24, 2.45) is 0 Å². The number of rotatable bonds is 6. The molecule has 0 unspecified atom stereocenters. The van der Waals surface area contributed by atoms with E-state index in [0.717, 1.165) is 16.7 Å². The molecule has 0 aromatic heterocycles. The van der Waals surface area contributed by atoms with Crippen LogP contribution >= 0.6 is 0 Å². The van der Waals surface area contributed by atoms with Crippen molar-refractivity contribution in [2.45, 2.75) is 20.4 Å². The molecule has 2 amide bonds. The second-order valence-electron chi connectivity index (χ2n) is 7.53. The van der Waals surface area contributed by atoms with Crippen molar-refractivity contribution < 1.29 is 19.1 Å². The minimum Gasteiger partial charge on any atom is -0.484 e. The molecular weight excluding hydrogens is 392 g/mol. The van der Waals surface area contributed by atoms with Crippen LogP contribution < -0.4 is 19.7 Å². The number of fused-ring (bicyclic) bond motifs is 1. The third-order valence-corrected chi connectivity index (χ3v) is 5.17. The molecule has 1 aliphatic heterocycles. The third kappa shape index (κ3) is 4.86. The van der Waals surface area contributed by atoms with E-state index in [1.807, 2.05) is 62.4 Å². The molecule has 158 valence electrons. The number of amides is 2.